The fourth-order valence-corrected chi connectivity index (χ4v) is 3.02. The van der Waals surface area contributed by atoms with E-state index in [1.54, 1.807) is 36.4 Å². The second-order valence-electron chi connectivity index (χ2n) is 6.19. The minimum absolute atomic E-state index is 0.207. The van der Waals surface area contributed by atoms with E-state index in [0.717, 1.165) is 12.8 Å². The van der Waals surface area contributed by atoms with Crippen LogP contribution in [0.4, 0.5) is 5.69 Å². The van der Waals surface area contributed by atoms with Gasteiger partial charge in [0.1, 0.15) is 11.8 Å². The molecule has 1 aromatic heterocycles. The summed E-state index contributed by atoms with van der Waals surface area (Å²) >= 11 is 0. The highest BCUT2D eigenvalue weighted by Gasteiger charge is 2.33. The number of rotatable bonds is 6. The maximum Gasteiger partial charge on any atom is 0.341 e. The number of nitrogens with one attached hydrogen (secondary N) is 1. The number of carbonyl (C=O) groups excluding carboxylic acids is 2. The number of likely N-dealkylation sites (tertiary alicyclic amines) is 1. The molecule has 0 aliphatic carbocycles. The van der Waals surface area contributed by atoms with Crippen LogP contribution in [0.1, 0.15) is 29.8 Å². The number of carboxylic acid groups (broad SMARTS) is 1. The summed E-state index contributed by atoms with van der Waals surface area (Å²) in [5.41, 5.74) is 0.471. The van der Waals surface area contributed by atoms with E-state index in [0.29, 0.717) is 24.4 Å². The van der Waals surface area contributed by atoms with E-state index in [1.807, 2.05) is 0 Å². The Labute approximate surface area is 155 Å². The van der Waals surface area contributed by atoms with Crippen LogP contribution >= 0.6 is 0 Å². The van der Waals surface area contributed by atoms with E-state index in [1.165, 1.54) is 11.2 Å². The van der Waals surface area contributed by atoms with Crippen molar-refractivity contribution in [2.24, 2.45) is 0 Å². The molecule has 8 heteroatoms. The standard InChI is InChI=1S/C19H20N2O6/c22-17(23)12-27-14-6-3-5-13(11-14)20-18(24)15-7-1-2-9-21(15)19(25)16-8-4-10-26-16/h3-6,8,10-11,15H,1-2,7,9,12H2,(H,20,24)(H,22,23). The number of benzene rings is 1. The number of hydrogen-bond donors (Lipinski definition) is 2. The van der Waals surface area contributed by atoms with Crippen LogP contribution < -0.4 is 10.1 Å². The molecule has 1 atom stereocenters. The fourth-order valence-electron chi connectivity index (χ4n) is 3.02. The minimum Gasteiger partial charge on any atom is -0.482 e. The lowest BCUT2D eigenvalue weighted by atomic mass is 10.0. The lowest BCUT2D eigenvalue weighted by Gasteiger charge is -2.34. The average Bonchev–Trinajstić information content (AvgIpc) is 3.21. The molecule has 1 saturated heterocycles. The fraction of sp³-hybridized carbons (Fsp3) is 0.316. The van der Waals surface area contributed by atoms with Crippen molar-refractivity contribution in [2.75, 3.05) is 18.5 Å². The van der Waals surface area contributed by atoms with Gasteiger partial charge < -0.3 is 24.5 Å². The van der Waals surface area contributed by atoms with Crippen LogP contribution in [0.5, 0.6) is 5.75 Å². The Morgan fingerprint density at radius 3 is 2.81 bits per heavy atom. The highest BCUT2D eigenvalue weighted by atomic mass is 16.5. The molecule has 1 aliphatic rings. The molecule has 0 bridgehead atoms. The molecule has 0 spiro atoms. The molecule has 3 rings (SSSR count). The number of amides is 2. The first-order valence-electron chi connectivity index (χ1n) is 8.64. The number of anilines is 1. The molecule has 0 saturated carbocycles. The second-order valence-corrected chi connectivity index (χ2v) is 6.19. The first-order valence-corrected chi connectivity index (χ1v) is 8.64. The van der Waals surface area contributed by atoms with Crippen molar-refractivity contribution in [3.8, 4) is 5.75 Å². The predicted octanol–water partition coefficient (Wildman–Crippen LogP) is 2.38. The third-order valence-corrected chi connectivity index (χ3v) is 4.26. The van der Waals surface area contributed by atoms with Crippen LogP contribution in [-0.2, 0) is 9.59 Å². The first-order chi connectivity index (χ1) is 13.0. The third kappa shape index (κ3) is 4.66. The molecule has 1 aromatic carbocycles. The molecule has 2 aromatic rings. The van der Waals surface area contributed by atoms with Gasteiger partial charge in [0.15, 0.2) is 12.4 Å². The van der Waals surface area contributed by atoms with Crippen LogP contribution in [0.3, 0.4) is 0 Å². The third-order valence-electron chi connectivity index (χ3n) is 4.26. The maximum atomic E-state index is 12.8. The van der Waals surface area contributed by atoms with Crippen LogP contribution in [0.15, 0.2) is 47.1 Å². The zero-order chi connectivity index (χ0) is 19.2. The van der Waals surface area contributed by atoms with E-state index in [-0.39, 0.29) is 17.6 Å². The van der Waals surface area contributed by atoms with Gasteiger partial charge >= 0.3 is 5.97 Å². The molecule has 1 fully saturated rings. The van der Waals surface area contributed by atoms with Crippen molar-refractivity contribution in [3.05, 3.63) is 48.4 Å². The summed E-state index contributed by atoms with van der Waals surface area (Å²) in [5, 5.41) is 11.5. The average molecular weight is 372 g/mol. The molecule has 8 nitrogen and oxygen atoms in total. The molecule has 1 aliphatic heterocycles. The predicted molar refractivity (Wildman–Crippen MR) is 95.6 cm³/mol. The van der Waals surface area contributed by atoms with Gasteiger partial charge in [-0.3, -0.25) is 9.59 Å². The van der Waals surface area contributed by atoms with E-state index in [2.05, 4.69) is 5.32 Å². The van der Waals surface area contributed by atoms with Crippen molar-refractivity contribution >= 4 is 23.5 Å². The number of ether oxygens (including phenoxy) is 1. The number of hydrogen-bond acceptors (Lipinski definition) is 5. The van der Waals surface area contributed by atoms with Crippen LogP contribution in [0, 0.1) is 0 Å². The quantitative estimate of drug-likeness (QED) is 0.806. The van der Waals surface area contributed by atoms with Gasteiger partial charge in [0.2, 0.25) is 5.91 Å². The van der Waals surface area contributed by atoms with E-state index < -0.39 is 18.6 Å². The molecule has 2 amide bonds. The molecule has 0 radical (unpaired) electrons. The Balaban J connectivity index is 1.69. The Kier molecular flexibility index (Phi) is 5.75. The van der Waals surface area contributed by atoms with Crippen molar-refractivity contribution in [3.63, 3.8) is 0 Å². The molecule has 1 unspecified atom stereocenters. The molecular formula is C19H20N2O6. The van der Waals surface area contributed by atoms with Crippen molar-refractivity contribution < 1.29 is 28.6 Å². The van der Waals surface area contributed by atoms with Gasteiger partial charge in [-0.1, -0.05) is 6.07 Å². The number of carboxylic acids is 1. The topological polar surface area (TPSA) is 109 Å². The molecule has 27 heavy (non-hydrogen) atoms. The number of furan rings is 1. The number of carbonyl (C=O) groups is 3. The van der Waals surface area contributed by atoms with Crippen LogP contribution in [0.2, 0.25) is 0 Å². The first kappa shape index (κ1) is 18.5. The van der Waals surface area contributed by atoms with E-state index in [4.69, 9.17) is 14.3 Å². The van der Waals surface area contributed by atoms with Crippen LogP contribution in [-0.4, -0.2) is 47.0 Å². The van der Waals surface area contributed by atoms with Gasteiger partial charge in [0.25, 0.3) is 5.91 Å². The summed E-state index contributed by atoms with van der Waals surface area (Å²) in [6.45, 7) is 0.0187. The summed E-state index contributed by atoms with van der Waals surface area (Å²) < 4.78 is 10.3. The number of piperidine rings is 1. The second kappa shape index (κ2) is 8.39. The van der Waals surface area contributed by atoms with Gasteiger partial charge in [-0.2, -0.15) is 0 Å². The number of aliphatic carboxylic acids is 1. The summed E-state index contributed by atoms with van der Waals surface area (Å²) in [7, 11) is 0. The maximum absolute atomic E-state index is 12.8. The largest absolute Gasteiger partial charge is 0.482 e. The molecule has 142 valence electrons. The Morgan fingerprint density at radius 2 is 2.07 bits per heavy atom. The zero-order valence-corrected chi connectivity index (χ0v) is 14.6. The zero-order valence-electron chi connectivity index (χ0n) is 14.6. The van der Waals surface area contributed by atoms with Gasteiger partial charge in [0.05, 0.1) is 6.26 Å². The van der Waals surface area contributed by atoms with Gasteiger partial charge in [-0.15, -0.1) is 0 Å². The van der Waals surface area contributed by atoms with E-state index in [9.17, 15) is 14.4 Å². The van der Waals surface area contributed by atoms with Gasteiger partial charge in [0, 0.05) is 18.3 Å². The van der Waals surface area contributed by atoms with Crippen molar-refractivity contribution in [2.45, 2.75) is 25.3 Å². The monoisotopic (exact) mass is 372 g/mol. The lowest BCUT2D eigenvalue weighted by molar-refractivity contribution is -0.139. The van der Waals surface area contributed by atoms with Crippen LogP contribution in [0.25, 0.3) is 0 Å². The van der Waals surface area contributed by atoms with Gasteiger partial charge in [-0.05, 0) is 43.5 Å². The SMILES string of the molecule is O=C(O)COc1cccc(NC(=O)C2CCCCN2C(=O)c2ccco2)c1. The highest BCUT2D eigenvalue weighted by molar-refractivity contribution is 6.00. The minimum atomic E-state index is -1.08. The summed E-state index contributed by atoms with van der Waals surface area (Å²) in [5.74, 6) is -1.15. The normalized spacial score (nSPS) is 16.6. The molecule has 2 heterocycles. The van der Waals surface area contributed by atoms with E-state index >= 15 is 0 Å². The highest BCUT2D eigenvalue weighted by Crippen LogP contribution is 2.23. The Bertz CT molecular complexity index is 817. The molecule has 2 N–H and O–H groups in total. The summed E-state index contributed by atoms with van der Waals surface area (Å²) in [4.78, 5) is 37.5. The number of nitrogens with zero attached hydrogens (tertiary/aromatic N) is 1. The van der Waals surface area contributed by atoms with Gasteiger partial charge in [-0.25, -0.2) is 4.79 Å². The molecular weight excluding hydrogens is 352 g/mol. The smallest absolute Gasteiger partial charge is 0.341 e. The van der Waals surface area contributed by atoms with Crippen molar-refractivity contribution in [1.82, 2.24) is 4.90 Å². The lowest BCUT2D eigenvalue weighted by Crippen LogP contribution is -2.49. The Hall–Kier alpha value is -3.29. The summed E-state index contributed by atoms with van der Waals surface area (Å²) in [6, 6.07) is 9.09. The summed E-state index contributed by atoms with van der Waals surface area (Å²) in [6.07, 6.45) is 3.67. The van der Waals surface area contributed by atoms with Crippen molar-refractivity contribution in [1.29, 1.82) is 0 Å². The Morgan fingerprint density at radius 1 is 1.22 bits per heavy atom.